The lowest BCUT2D eigenvalue weighted by Gasteiger charge is -2.16. The smallest absolute Gasteiger partial charge is 0.268 e. The van der Waals surface area contributed by atoms with Gasteiger partial charge >= 0.3 is 0 Å². The Hall–Kier alpha value is -3.97. The highest BCUT2D eigenvalue weighted by Gasteiger charge is 2.16. The van der Waals surface area contributed by atoms with Crippen LogP contribution in [0.2, 0.25) is 0 Å². The fourth-order valence-corrected chi connectivity index (χ4v) is 3.08. The van der Waals surface area contributed by atoms with Crippen LogP contribution in [-0.2, 0) is 0 Å². The summed E-state index contributed by atoms with van der Waals surface area (Å²) >= 11 is 0. The van der Waals surface area contributed by atoms with Crippen LogP contribution in [0, 0.1) is 0 Å². The van der Waals surface area contributed by atoms with Crippen LogP contribution in [0.3, 0.4) is 0 Å². The average molecular weight is 399 g/mol. The van der Waals surface area contributed by atoms with Crippen molar-refractivity contribution in [3.8, 4) is 11.3 Å². The third-order valence-corrected chi connectivity index (χ3v) is 4.63. The molecule has 4 rings (SSSR count). The first-order chi connectivity index (χ1) is 14.7. The maximum Gasteiger partial charge on any atom is 0.268 e. The van der Waals surface area contributed by atoms with E-state index in [9.17, 15) is 9.90 Å². The molecule has 0 saturated carbocycles. The molecule has 4 aromatic rings. The minimum Gasteiger partial charge on any atom is -0.394 e. The van der Waals surface area contributed by atoms with Crippen molar-refractivity contribution in [2.24, 2.45) is 0 Å². The SMILES string of the molecule is O=C(N[C@H](CO)c1ccccc1)c1cc(-c2cc(Nc3ccccc3)ncn2)c[nH]1. The maximum atomic E-state index is 12.6. The van der Waals surface area contributed by atoms with Crippen molar-refractivity contribution in [2.75, 3.05) is 11.9 Å². The van der Waals surface area contributed by atoms with Gasteiger partial charge in [0.2, 0.25) is 0 Å². The topological polar surface area (TPSA) is 103 Å². The van der Waals surface area contributed by atoms with E-state index >= 15 is 0 Å². The molecule has 4 N–H and O–H groups in total. The molecular weight excluding hydrogens is 378 g/mol. The predicted molar refractivity (Wildman–Crippen MR) is 115 cm³/mol. The number of amides is 1. The summed E-state index contributed by atoms with van der Waals surface area (Å²) in [6.45, 7) is -0.191. The number of aromatic amines is 1. The van der Waals surface area contributed by atoms with E-state index in [1.54, 1.807) is 12.3 Å². The third kappa shape index (κ3) is 4.53. The fourth-order valence-electron chi connectivity index (χ4n) is 3.08. The van der Waals surface area contributed by atoms with Crippen LogP contribution in [0.25, 0.3) is 11.3 Å². The number of aliphatic hydroxyl groups is 1. The van der Waals surface area contributed by atoms with Gasteiger partial charge in [-0.2, -0.15) is 0 Å². The predicted octanol–water partition coefficient (Wildman–Crippen LogP) is 3.68. The van der Waals surface area contributed by atoms with Gasteiger partial charge in [0.05, 0.1) is 18.3 Å². The quantitative estimate of drug-likeness (QED) is 0.380. The molecule has 0 fully saturated rings. The van der Waals surface area contributed by atoms with E-state index in [4.69, 9.17) is 0 Å². The van der Waals surface area contributed by atoms with E-state index in [-0.39, 0.29) is 12.5 Å². The summed E-state index contributed by atoms with van der Waals surface area (Å²) in [5, 5.41) is 15.7. The highest BCUT2D eigenvalue weighted by molar-refractivity contribution is 5.94. The van der Waals surface area contributed by atoms with Crippen molar-refractivity contribution in [3.05, 3.63) is 96.6 Å². The van der Waals surface area contributed by atoms with E-state index in [1.165, 1.54) is 6.33 Å². The molecule has 0 saturated heterocycles. The Morgan fingerprint density at radius 2 is 1.73 bits per heavy atom. The van der Waals surface area contributed by atoms with Gasteiger partial charge < -0.3 is 20.7 Å². The molecule has 2 heterocycles. The van der Waals surface area contributed by atoms with Crippen LogP contribution in [0.1, 0.15) is 22.1 Å². The molecule has 0 aliphatic carbocycles. The number of benzene rings is 2. The molecule has 30 heavy (non-hydrogen) atoms. The van der Waals surface area contributed by atoms with Crippen molar-refractivity contribution in [1.29, 1.82) is 0 Å². The molecule has 0 unspecified atom stereocenters. The number of carbonyl (C=O) groups excluding carboxylic acids is 1. The largest absolute Gasteiger partial charge is 0.394 e. The Kier molecular flexibility index (Phi) is 5.82. The van der Waals surface area contributed by atoms with Crippen LogP contribution in [0.4, 0.5) is 11.5 Å². The zero-order chi connectivity index (χ0) is 20.8. The fraction of sp³-hybridized carbons (Fsp3) is 0.0870. The standard InChI is InChI=1S/C23H21N5O2/c29-14-21(16-7-3-1-4-8-16)28-23(30)20-11-17(13-24-20)19-12-22(26-15-25-19)27-18-9-5-2-6-10-18/h1-13,15,21,24,29H,14H2,(H,28,30)(H,25,26,27)/t21-/m1/s1. The van der Waals surface area contributed by atoms with Gasteiger partial charge in [0, 0.05) is 23.5 Å². The molecule has 0 aliphatic rings. The number of rotatable bonds is 7. The van der Waals surface area contributed by atoms with Gasteiger partial charge in [-0.25, -0.2) is 9.97 Å². The molecule has 0 aliphatic heterocycles. The van der Waals surface area contributed by atoms with Gasteiger partial charge in [0.1, 0.15) is 17.8 Å². The maximum absolute atomic E-state index is 12.6. The number of para-hydroxylation sites is 1. The molecule has 0 radical (unpaired) electrons. The van der Waals surface area contributed by atoms with E-state index in [0.29, 0.717) is 17.2 Å². The number of aromatic nitrogens is 3. The molecule has 1 atom stereocenters. The zero-order valence-electron chi connectivity index (χ0n) is 16.1. The minimum atomic E-state index is -0.480. The molecule has 2 aromatic heterocycles. The summed E-state index contributed by atoms with van der Waals surface area (Å²) in [5.74, 6) is 0.351. The van der Waals surface area contributed by atoms with Gasteiger partial charge in [-0.05, 0) is 23.8 Å². The van der Waals surface area contributed by atoms with Crippen LogP contribution in [0.15, 0.2) is 85.3 Å². The zero-order valence-corrected chi connectivity index (χ0v) is 16.1. The van der Waals surface area contributed by atoms with E-state index < -0.39 is 6.04 Å². The van der Waals surface area contributed by atoms with Crippen molar-refractivity contribution < 1.29 is 9.90 Å². The number of carbonyl (C=O) groups is 1. The van der Waals surface area contributed by atoms with Gasteiger partial charge in [-0.15, -0.1) is 0 Å². The van der Waals surface area contributed by atoms with Crippen molar-refractivity contribution in [1.82, 2.24) is 20.3 Å². The summed E-state index contributed by atoms with van der Waals surface area (Å²) in [5.41, 5.74) is 3.59. The Balaban J connectivity index is 1.48. The summed E-state index contributed by atoms with van der Waals surface area (Å²) < 4.78 is 0. The minimum absolute atomic E-state index is 0.191. The van der Waals surface area contributed by atoms with E-state index in [0.717, 1.165) is 16.8 Å². The molecule has 7 heteroatoms. The van der Waals surface area contributed by atoms with Crippen molar-refractivity contribution >= 4 is 17.4 Å². The van der Waals surface area contributed by atoms with E-state index in [1.807, 2.05) is 66.7 Å². The second-order valence-electron chi connectivity index (χ2n) is 6.70. The monoisotopic (exact) mass is 399 g/mol. The summed E-state index contributed by atoms with van der Waals surface area (Å²) in [4.78, 5) is 24.2. The molecule has 1 amide bonds. The van der Waals surface area contributed by atoms with Gasteiger partial charge in [-0.1, -0.05) is 48.5 Å². The number of anilines is 2. The lowest BCUT2D eigenvalue weighted by atomic mass is 10.1. The number of nitrogens with one attached hydrogen (secondary N) is 3. The molecule has 0 bridgehead atoms. The summed E-state index contributed by atoms with van der Waals surface area (Å²) in [6, 6.07) is 22.1. The van der Waals surface area contributed by atoms with Crippen LogP contribution in [0.5, 0.6) is 0 Å². The Morgan fingerprint density at radius 3 is 2.47 bits per heavy atom. The number of hydrogen-bond donors (Lipinski definition) is 4. The lowest BCUT2D eigenvalue weighted by Crippen LogP contribution is -2.30. The van der Waals surface area contributed by atoms with E-state index in [2.05, 4.69) is 25.6 Å². The highest BCUT2D eigenvalue weighted by atomic mass is 16.3. The first kappa shape index (κ1) is 19.4. The first-order valence-electron chi connectivity index (χ1n) is 9.52. The highest BCUT2D eigenvalue weighted by Crippen LogP contribution is 2.22. The second kappa shape index (κ2) is 9.02. The molecule has 7 nitrogen and oxygen atoms in total. The third-order valence-electron chi connectivity index (χ3n) is 4.63. The van der Waals surface area contributed by atoms with Crippen LogP contribution >= 0.6 is 0 Å². The summed E-state index contributed by atoms with van der Waals surface area (Å²) in [6.07, 6.45) is 3.20. The average Bonchev–Trinajstić information content (AvgIpc) is 3.29. The normalized spacial score (nSPS) is 11.6. The van der Waals surface area contributed by atoms with Crippen LogP contribution < -0.4 is 10.6 Å². The Labute approximate surface area is 173 Å². The Bertz CT molecular complexity index is 1110. The van der Waals surface area contributed by atoms with Crippen molar-refractivity contribution in [3.63, 3.8) is 0 Å². The van der Waals surface area contributed by atoms with Gasteiger partial charge in [0.25, 0.3) is 5.91 Å². The lowest BCUT2D eigenvalue weighted by molar-refractivity contribution is 0.0912. The summed E-state index contributed by atoms with van der Waals surface area (Å²) in [7, 11) is 0. The molecular formula is C23H21N5O2. The molecule has 0 spiro atoms. The Morgan fingerprint density at radius 1 is 1.00 bits per heavy atom. The number of aliphatic hydroxyl groups excluding tert-OH is 1. The first-order valence-corrected chi connectivity index (χ1v) is 9.52. The second-order valence-corrected chi connectivity index (χ2v) is 6.70. The van der Waals surface area contributed by atoms with Crippen LogP contribution in [-0.4, -0.2) is 32.6 Å². The molecule has 2 aromatic carbocycles. The van der Waals surface area contributed by atoms with Crippen molar-refractivity contribution in [2.45, 2.75) is 6.04 Å². The number of hydrogen-bond acceptors (Lipinski definition) is 5. The van der Waals surface area contributed by atoms with Gasteiger partial charge in [-0.3, -0.25) is 4.79 Å². The number of nitrogens with zero attached hydrogens (tertiary/aromatic N) is 2. The van der Waals surface area contributed by atoms with Gasteiger partial charge in [0.15, 0.2) is 0 Å². The number of H-pyrrole nitrogens is 1. The molecule has 150 valence electrons.